The fourth-order valence-electron chi connectivity index (χ4n) is 2.85. The Balaban J connectivity index is 1.79. The first kappa shape index (κ1) is 13.4. The summed E-state index contributed by atoms with van der Waals surface area (Å²) in [5, 5.41) is 0. The number of rotatable bonds is 3. The highest BCUT2D eigenvalue weighted by Crippen LogP contribution is 2.22. The van der Waals surface area contributed by atoms with Crippen LogP contribution in [0.2, 0.25) is 0 Å². The molecule has 0 spiro atoms. The SMILES string of the molecule is COC1CCN(c2nc(N)nc(N3CCCCC3)n2)C1. The van der Waals surface area contributed by atoms with E-state index >= 15 is 0 Å². The molecule has 7 heteroatoms. The third kappa shape index (κ3) is 2.77. The molecule has 0 bridgehead atoms. The average Bonchev–Trinajstić information content (AvgIpc) is 2.96. The summed E-state index contributed by atoms with van der Waals surface area (Å²) in [4.78, 5) is 17.5. The van der Waals surface area contributed by atoms with Gasteiger partial charge in [0.05, 0.1) is 6.10 Å². The predicted octanol–water partition coefficient (Wildman–Crippen LogP) is 0.669. The molecule has 1 unspecified atom stereocenters. The molecule has 2 N–H and O–H groups in total. The van der Waals surface area contributed by atoms with Crippen LogP contribution in [-0.2, 0) is 4.74 Å². The second-order valence-electron chi connectivity index (χ2n) is 5.43. The molecule has 3 heterocycles. The van der Waals surface area contributed by atoms with Gasteiger partial charge in [0.2, 0.25) is 17.8 Å². The second-order valence-corrected chi connectivity index (χ2v) is 5.43. The van der Waals surface area contributed by atoms with Crippen molar-refractivity contribution in [3.05, 3.63) is 0 Å². The standard InChI is InChI=1S/C13H22N6O/c1-20-10-5-8-19(9-10)13-16-11(14)15-12(17-13)18-6-3-2-4-7-18/h10H,2-9H2,1H3,(H2,14,15,16,17). The lowest BCUT2D eigenvalue weighted by atomic mass is 10.1. The lowest BCUT2D eigenvalue weighted by Gasteiger charge is -2.27. The van der Waals surface area contributed by atoms with Gasteiger partial charge in [0.15, 0.2) is 0 Å². The van der Waals surface area contributed by atoms with Gasteiger partial charge in [-0.25, -0.2) is 0 Å². The Bertz CT molecular complexity index is 462. The predicted molar refractivity (Wildman–Crippen MR) is 77.9 cm³/mol. The zero-order chi connectivity index (χ0) is 13.9. The zero-order valence-electron chi connectivity index (χ0n) is 12.0. The molecular weight excluding hydrogens is 256 g/mol. The molecule has 0 saturated carbocycles. The largest absolute Gasteiger partial charge is 0.380 e. The molecule has 0 radical (unpaired) electrons. The van der Waals surface area contributed by atoms with Gasteiger partial charge in [-0.3, -0.25) is 0 Å². The van der Waals surface area contributed by atoms with Crippen molar-refractivity contribution in [2.45, 2.75) is 31.8 Å². The van der Waals surface area contributed by atoms with Gasteiger partial charge in [0.25, 0.3) is 0 Å². The Hall–Kier alpha value is -1.63. The zero-order valence-corrected chi connectivity index (χ0v) is 12.0. The number of ether oxygens (including phenoxy) is 1. The Morgan fingerprint density at radius 3 is 2.35 bits per heavy atom. The second kappa shape index (κ2) is 5.78. The Morgan fingerprint density at radius 2 is 1.70 bits per heavy atom. The van der Waals surface area contributed by atoms with Crippen molar-refractivity contribution in [2.24, 2.45) is 0 Å². The van der Waals surface area contributed by atoms with Crippen LogP contribution in [0.15, 0.2) is 0 Å². The first-order chi connectivity index (χ1) is 9.76. The molecule has 0 aromatic carbocycles. The molecule has 1 aromatic rings. The summed E-state index contributed by atoms with van der Waals surface area (Å²) >= 11 is 0. The Morgan fingerprint density at radius 1 is 1.00 bits per heavy atom. The smallest absolute Gasteiger partial charge is 0.232 e. The summed E-state index contributed by atoms with van der Waals surface area (Å²) in [6.07, 6.45) is 4.92. The number of aromatic nitrogens is 3. The number of hydrogen-bond acceptors (Lipinski definition) is 7. The molecule has 2 saturated heterocycles. The summed E-state index contributed by atoms with van der Waals surface area (Å²) in [5.74, 6) is 1.70. The highest BCUT2D eigenvalue weighted by molar-refractivity contribution is 5.44. The van der Waals surface area contributed by atoms with Gasteiger partial charge in [-0.2, -0.15) is 15.0 Å². The summed E-state index contributed by atoms with van der Waals surface area (Å²) in [5.41, 5.74) is 5.85. The van der Waals surface area contributed by atoms with Crippen molar-refractivity contribution in [1.29, 1.82) is 0 Å². The van der Waals surface area contributed by atoms with Crippen LogP contribution < -0.4 is 15.5 Å². The van der Waals surface area contributed by atoms with Crippen LogP contribution in [0.3, 0.4) is 0 Å². The normalized spacial score (nSPS) is 23.4. The molecule has 0 amide bonds. The van der Waals surface area contributed by atoms with Crippen molar-refractivity contribution >= 4 is 17.8 Å². The minimum Gasteiger partial charge on any atom is -0.380 e. The van der Waals surface area contributed by atoms with Crippen LogP contribution in [-0.4, -0.2) is 54.3 Å². The number of nitrogens with zero attached hydrogens (tertiary/aromatic N) is 5. The maximum Gasteiger partial charge on any atom is 0.232 e. The summed E-state index contributed by atoms with van der Waals surface area (Å²) in [7, 11) is 1.75. The lowest BCUT2D eigenvalue weighted by Crippen LogP contribution is -2.32. The number of nitrogens with two attached hydrogens (primary N) is 1. The third-order valence-electron chi connectivity index (χ3n) is 4.03. The van der Waals surface area contributed by atoms with E-state index in [0.717, 1.165) is 32.6 Å². The van der Waals surface area contributed by atoms with Crippen molar-refractivity contribution < 1.29 is 4.74 Å². The minimum absolute atomic E-state index is 0.256. The van der Waals surface area contributed by atoms with Gasteiger partial charge in [-0.15, -0.1) is 0 Å². The van der Waals surface area contributed by atoms with Gasteiger partial charge in [-0.1, -0.05) is 0 Å². The molecule has 0 aliphatic carbocycles. The number of piperidine rings is 1. The monoisotopic (exact) mass is 278 g/mol. The number of methoxy groups -OCH3 is 1. The number of nitrogen functional groups attached to an aromatic ring is 1. The van der Waals surface area contributed by atoms with Gasteiger partial charge >= 0.3 is 0 Å². The van der Waals surface area contributed by atoms with Crippen molar-refractivity contribution in [1.82, 2.24) is 15.0 Å². The highest BCUT2D eigenvalue weighted by Gasteiger charge is 2.25. The number of hydrogen-bond donors (Lipinski definition) is 1. The van der Waals surface area contributed by atoms with Crippen molar-refractivity contribution in [3.63, 3.8) is 0 Å². The summed E-state index contributed by atoms with van der Waals surface area (Å²) in [6, 6.07) is 0. The van der Waals surface area contributed by atoms with Crippen LogP contribution in [0.5, 0.6) is 0 Å². The quantitative estimate of drug-likeness (QED) is 0.870. The molecule has 1 aromatic heterocycles. The van der Waals surface area contributed by atoms with Crippen molar-refractivity contribution in [3.8, 4) is 0 Å². The van der Waals surface area contributed by atoms with Crippen LogP contribution in [0.25, 0.3) is 0 Å². The number of anilines is 3. The summed E-state index contributed by atoms with van der Waals surface area (Å²) in [6.45, 7) is 3.73. The van der Waals surface area contributed by atoms with Crippen molar-refractivity contribution in [2.75, 3.05) is 48.8 Å². The molecule has 2 aliphatic heterocycles. The van der Waals surface area contributed by atoms with E-state index in [0.29, 0.717) is 17.8 Å². The fourth-order valence-corrected chi connectivity index (χ4v) is 2.85. The fraction of sp³-hybridized carbons (Fsp3) is 0.769. The molecule has 7 nitrogen and oxygen atoms in total. The molecule has 1 atom stereocenters. The molecular formula is C13H22N6O. The van der Waals surface area contributed by atoms with Gasteiger partial charge in [-0.05, 0) is 25.7 Å². The Kier molecular flexibility index (Phi) is 3.86. The summed E-state index contributed by atoms with van der Waals surface area (Å²) < 4.78 is 5.39. The van der Waals surface area contributed by atoms with Crippen LogP contribution in [0.1, 0.15) is 25.7 Å². The van der Waals surface area contributed by atoms with Gasteiger partial charge < -0.3 is 20.3 Å². The maximum atomic E-state index is 5.85. The van der Waals surface area contributed by atoms with E-state index in [-0.39, 0.29) is 6.10 Å². The third-order valence-corrected chi connectivity index (χ3v) is 4.03. The Labute approximate surface area is 119 Å². The van der Waals surface area contributed by atoms with E-state index in [1.165, 1.54) is 19.3 Å². The highest BCUT2D eigenvalue weighted by atomic mass is 16.5. The van der Waals surface area contributed by atoms with Gasteiger partial charge in [0, 0.05) is 33.3 Å². The first-order valence-electron chi connectivity index (χ1n) is 7.30. The molecule has 3 rings (SSSR count). The van der Waals surface area contributed by atoms with E-state index < -0.39 is 0 Å². The lowest BCUT2D eigenvalue weighted by molar-refractivity contribution is 0.121. The molecule has 20 heavy (non-hydrogen) atoms. The van der Waals surface area contributed by atoms with E-state index in [1.807, 2.05) is 0 Å². The minimum atomic E-state index is 0.256. The molecule has 110 valence electrons. The van der Waals surface area contributed by atoms with Gasteiger partial charge in [0.1, 0.15) is 0 Å². The molecule has 2 fully saturated rings. The van der Waals surface area contributed by atoms with E-state index in [4.69, 9.17) is 10.5 Å². The van der Waals surface area contributed by atoms with Crippen LogP contribution >= 0.6 is 0 Å². The van der Waals surface area contributed by atoms with E-state index in [1.54, 1.807) is 7.11 Å². The van der Waals surface area contributed by atoms with Crippen LogP contribution in [0, 0.1) is 0 Å². The first-order valence-corrected chi connectivity index (χ1v) is 7.30. The van der Waals surface area contributed by atoms with E-state index in [9.17, 15) is 0 Å². The average molecular weight is 278 g/mol. The van der Waals surface area contributed by atoms with E-state index in [2.05, 4.69) is 24.8 Å². The van der Waals surface area contributed by atoms with Crippen LogP contribution in [0.4, 0.5) is 17.8 Å². The maximum absolute atomic E-state index is 5.85. The molecule has 2 aliphatic rings. The topological polar surface area (TPSA) is 80.4 Å².